The highest BCUT2D eigenvalue weighted by Crippen LogP contribution is 2.28. The Hall–Kier alpha value is -2.48. The van der Waals surface area contributed by atoms with Crippen LogP contribution in [0.4, 0.5) is 5.82 Å². The van der Waals surface area contributed by atoms with Gasteiger partial charge in [0.1, 0.15) is 17.3 Å². The predicted molar refractivity (Wildman–Crippen MR) is 106 cm³/mol. The summed E-state index contributed by atoms with van der Waals surface area (Å²) in [5, 5.41) is 4.23. The van der Waals surface area contributed by atoms with Gasteiger partial charge in [0, 0.05) is 57.1 Å². The van der Waals surface area contributed by atoms with Crippen molar-refractivity contribution >= 4 is 11.7 Å². The van der Waals surface area contributed by atoms with Crippen molar-refractivity contribution in [3.63, 3.8) is 0 Å². The molecule has 4 heterocycles. The second-order valence-electron chi connectivity index (χ2n) is 7.47. The molecule has 0 spiro atoms. The molecule has 28 heavy (non-hydrogen) atoms. The van der Waals surface area contributed by atoms with Crippen LogP contribution in [0.3, 0.4) is 0 Å². The molecule has 2 aromatic rings. The Morgan fingerprint density at radius 2 is 1.93 bits per heavy atom. The van der Waals surface area contributed by atoms with E-state index in [1.54, 1.807) is 16.9 Å². The zero-order valence-electron chi connectivity index (χ0n) is 16.7. The second-order valence-corrected chi connectivity index (χ2v) is 7.47. The fourth-order valence-electron chi connectivity index (χ4n) is 3.85. The molecular formula is C20H28N6O2. The van der Waals surface area contributed by atoms with Crippen molar-refractivity contribution in [3.8, 4) is 0 Å². The van der Waals surface area contributed by atoms with Crippen LogP contribution in [-0.2, 0) is 18.2 Å². The third-order valence-corrected chi connectivity index (χ3v) is 5.56. The van der Waals surface area contributed by atoms with E-state index in [-0.39, 0.29) is 5.91 Å². The normalized spacial score (nSPS) is 18.5. The summed E-state index contributed by atoms with van der Waals surface area (Å²) >= 11 is 0. The number of rotatable bonds is 4. The van der Waals surface area contributed by atoms with Crippen molar-refractivity contribution in [1.82, 2.24) is 24.6 Å². The van der Waals surface area contributed by atoms with E-state index in [1.807, 2.05) is 11.9 Å². The molecule has 0 aromatic carbocycles. The van der Waals surface area contributed by atoms with Crippen molar-refractivity contribution < 1.29 is 9.53 Å². The minimum atomic E-state index is 0.0104. The molecular weight excluding hydrogens is 356 g/mol. The molecule has 0 aliphatic carbocycles. The molecule has 0 atom stereocenters. The molecule has 2 saturated heterocycles. The van der Waals surface area contributed by atoms with Crippen molar-refractivity contribution in [1.29, 1.82) is 0 Å². The van der Waals surface area contributed by atoms with Crippen molar-refractivity contribution in [2.24, 2.45) is 7.05 Å². The standard InChI is InChI=1S/C20H28N6O2/c1-3-16-14-18(25-10-12-28-13-11-25)22-19(21-16)15-4-8-26(9-5-15)20(27)17-6-7-24(2)23-17/h6-7,14-15H,3-5,8-13H2,1-2H3. The Labute approximate surface area is 165 Å². The van der Waals surface area contributed by atoms with Gasteiger partial charge in [0.25, 0.3) is 5.91 Å². The van der Waals surface area contributed by atoms with E-state index in [0.29, 0.717) is 24.7 Å². The average molecular weight is 384 g/mol. The fourth-order valence-corrected chi connectivity index (χ4v) is 3.85. The van der Waals surface area contributed by atoms with Gasteiger partial charge in [-0.2, -0.15) is 5.10 Å². The summed E-state index contributed by atoms with van der Waals surface area (Å²) < 4.78 is 7.13. The molecule has 0 radical (unpaired) electrons. The van der Waals surface area contributed by atoms with E-state index in [0.717, 1.165) is 62.9 Å². The van der Waals surface area contributed by atoms with Crippen LogP contribution in [-0.4, -0.2) is 69.9 Å². The maximum atomic E-state index is 12.6. The SMILES string of the molecule is CCc1cc(N2CCOCC2)nc(C2CCN(C(=O)c3ccn(C)n3)CC2)n1. The summed E-state index contributed by atoms with van der Waals surface area (Å²) in [6.45, 7) is 6.79. The maximum Gasteiger partial charge on any atom is 0.274 e. The summed E-state index contributed by atoms with van der Waals surface area (Å²) in [6, 6.07) is 3.88. The summed E-state index contributed by atoms with van der Waals surface area (Å²) in [5.74, 6) is 2.23. The molecule has 0 unspecified atom stereocenters. The predicted octanol–water partition coefficient (Wildman–Crippen LogP) is 1.63. The highest BCUT2D eigenvalue weighted by molar-refractivity contribution is 5.92. The minimum absolute atomic E-state index is 0.0104. The van der Waals surface area contributed by atoms with Crippen molar-refractivity contribution in [2.75, 3.05) is 44.3 Å². The molecule has 2 aliphatic rings. The molecule has 0 saturated carbocycles. The molecule has 0 N–H and O–H groups in total. The number of hydrogen-bond acceptors (Lipinski definition) is 6. The number of piperidine rings is 1. The number of aryl methyl sites for hydroxylation is 2. The monoisotopic (exact) mass is 384 g/mol. The molecule has 2 aromatic heterocycles. The third-order valence-electron chi connectivity index (χ3n) is 5.56. The van der Waals surface area contributed by atoms with Gasteiger partial charge in [-0.05, 0) is 25.3 Å². The number of likely N-dealkylation sites (tertiary alicyclic amines) is 1. The molecule has 1 amide bonds. The lowest BCUT2D eigenvalue weighted by Gasteiger charge is -2.32. The van der Waals surface area contributed by atoms with E-state index >= 15 is 0 Å². The second kappa shape index (κ2) is 8.26. The van der Waals surface area contributed by atoms with Gasteiger partial charge in [0.15, 0.2) is 0 Å². The van der Waals surface area contributed by atoms with Crippen LogP contribution in [0.1, 0.15) is 47.7 Å². The smallest absolute Gasteiger partial charge is 0.274 e. The first-order valence-corrected chi connectivity index (χ1v) is 10.1. The number of ether oxygens (including phenoxy) is 1. The number of hydrogen-bond donors (Lipinski definition) is 0. The van der Waals surface area contributed by atoms with Crippen LogP contribution in [0.2, 0.25) is 0 Å². The van der Waals surface area contributed by atoms with Crippen LogP contribution in [0, 0.1) is 0 Å². The Balaban J connectivity index is 1.45. The van der Waals surface area contributed by atoms with E-state index < -0.39 is 0 Å². The maximum absolute atomic E-state index is 12.6. The van der Waals surface area contributed by atoms with Crippen molar-refractivity contribution in [3.05, 3.63) is 35.5 Å². The lowest BCUT2D eigenvalue weighted by molar-refractivity contribution is 0.0704. The first-order valence-electron chi connectivity index (χ1n) is 10.1. The van der Waals surface area contributed by atoms with Crippen LogP contribution in [0.25, 0.3) is 0 Å². The van der Waals surface area contributed by atoms with Gasteiger partial charge in [-0.3, -0.25) is 9.48 Å². The van der Waals surface area contributed by atoms with Crippen LogP contribution in [0.5, 0.6) is 0 Å². The molecule has 2 fully saturated rings. The average Bonchev–Trinajstić information content (AvgIpc) is 3.20. The summed E-state index contributed by atoms with van der Waals surface area (Å²) in [7, 11) is 1.83. The van der Waals surface area contributed by atoms with Gasteiger partial charge in [0.2, 0.25) is 0 Å². The Morgan fingerprint density at radius 3 is 2.57 bits per heavy atom. The zero-order chi connectivity index (χ0) is 19.5. The van der Waals surface area contributed by atoms with Gasteiger partial charge < -0.3 is 14.5 Å². The largest absolute Gasteiger partial charge is 0.378 e. The highest BCUT2D eigenvalue weighted by atomic mass is 16.5. The van der Waals surface area contributed by atoms with Gasteiger partial charge >= 0.3 is 0 Å². The Bertz CT molecular complexity index is 822. The zero-order valence-corrected chi connectivity index (χ0v) is 16.7. The van der Waals surface area contributed by atoms with Crippen LogP contribution >= 0.6 is 0 Å². The van der Waals surface area contributed by atoms with Crippen LogP contribution < -0.4 is 4.90 Å². The molecule has 150 valence electrons. The van der Waals surface area contributed by atoms with E-state index in [1.165, 1.54) is 0 Å². The Morgan fingerprint density at radius 1 is 1.18 bits per heavy atom. The summed E-state index contributed by atoms with van der Waals surface area (Å²) in [6.07, 6.45) is 4.46. The third kappa shape index (κ3) is 4.01. The number of carbonyl (C=O) groups excluding carboxylic acids is 1. The molecule has 8 nitrogen and oxygen atoms in total. The number of carbonyl (C=O) groups is 1. The first-order chi connectivity index (χ1) is 13.6. The number of morpholine rings is 1. The van der Waals surface area contributed by atoms with E-state index in [4.69, 9.17) is 14.7 Å². The number of aromatic nitrogens is 4. The lowest BCUT2D eigenvalue weighted by Crippen LogP contribution is -2.39. The van der Waals surface area contributed by atoms with Crippen LogP contribution in [0.15, 0.2) is 18.3 Å². The van der Waals surface area contributed by atoms with Gasteiger partial charge in [-0.1, -0.05) is 6.92 Å². The summed E-state index contributed by atoms with van der Waals surface area (Å²) in [5.41, 5.74) is 1.60. The van der Waals surface area contributed by atoms with Gasteiger partial charge in [0.05, 0.1) is 13.2 Å². The van der Waals surface area contributed by atoms with Gasteiger partial charge in [-0.25, -0.2) is 9.97 Å². The Kier molecular flexibility index (Phi) is 5.57. The number of anilines is 1. The fraction of sp³-hybridized carbons (Fsp3) is 0.600. The van der Waals surface area contributed by atoms with E-state index in [2.05, 4.69) is 23.0 Å². The van der Waals surface area contributed by atoms with Gasteiger partial charge in [-0.15, -0.1) is 0 Å². The van der Waals surface area contributed by atoms with Crippen molar-refractivity contribution in [2.45, 2.75) is 32.1 Å². The molecule has 0 bridgehead atoms. The molecule has 8 heteroatoms. The number of amides is 1. The molecule has 2 aliphatic heterocycles. The molecule has 4 rings (SSSR count). The quantitative estimate of drug-likeness (QED) is 0.797. The first kappa shape index (κ1) is 18.9. The van der Waals surface area contributed by atoms with E-state index in [9.17, 15) is 4.79 Å². The lowest BCUT2D eigenvalue weighted by atomic mass is 9.95. The number of nitrogens with zero attached hydrogens (tertiary/aromatic N) is 6. The minimum Gasteiger partial charge on any atom is -0.378 e. The topological polar surface area (TPSA) is 76.4 Å². The summed E-state index contributed by atoms with van der Waals surface area (Å²) in [4.78, 5) is 26.5. The highest BCUT2D eigenvalue weighted by Gasteiger charge is 2.28.